The normalized spacial score (nSPS) is 23.5. The van der Waals surface area contributed by atoms with E-state index in [9.17, 15) is 10.2 Å². The largest absolute Gasteiger partial charge is 0.392 e. The van der Waals surface area contributed by atoms with Crippen molar-refractivity contribution < 1.29 is 10.2 Å². The maximum Gasteiger partial charge on any atom is 0.0917 e. The molecule has 1 aromatic carbocycles. The molecule has 0 saturated carbocycles. The number of benzene rings is 1. The van der Waals surface area contributed by atoms with E-state index in [1.165, 1.54) is 11.1 Å². The Balaban J connectivity index is 1.90. The zero-order valence-corrected chi connectivity index (χ0v) is 14.3. The Kier molecular flexibility index (Phi) is 5.98. The van der Waals surface area contributed by atoms with Crippen LogP contribution in [-0.4, -0.2) is 64.9 Å². The summed E-state index contributed by atoms with van der Waals surface area (Å²) in [5.41, 5.74) is 3.49. The third-order valence-electron chi connectivity index (χ3n) is 4.69. The molecule has 1 aromatic rings. The summed E-state index contributed by atoms with van der Waals surface area (Å²) in [7, 11) is 0. The molecule has 0 aromatic heterocycles. The van der Waals surface area contributed by atoms with E-state index in [0.29, 0.717) is 12.6 Å². The highest BCUT2D eigenvalue weighted by atomic mass is 16.3. The topological polar surface area (TPSA) is 46.9 Å². The molecule has 4 nitrogen and oxygen atoms in total. The van der Waals surface area contributed by atoms with Gasteiger partial charge in [0.05, 0.1) is 12.2 Å². The lowest BCUT2D eigenvalue weighted by molar-refractivity contribution is 0.0240. The summed E-state index contributed by atoms with van der Waals surface area (Å²) in [4.78, 5) is 4.65. The standard InChI is InChI=1S/C18H30N2O2/c1-13-5-6-17(9-14(13)2)18(22)12-19-7-8-20(11-16(4)21)15(3)10-19/h5-6,9,15-16,18,21-22H,7-8,10-12H2,1-4H3/t15-,16+,18+/m0/s1. The molecule has 0 bridgehead atoms. The van der Waals surface area contributed by atoms with Crippen molar-refractivity contribution in [3.8, 4) is 0 Å². The minimum absolute atomic E-state index is 0.282. The highest BCUT2D eigenvalue weighted by Gasteiger charge is 2.25. The molecule has 0 aliphatic carbocycles. The number of aliphatic hydroxyl groups is 2. The van der Waals surface area contributed by atoms with Gasteiger partial charge in [-0.05, 0) is 44.4 Å². The second-order valence-electron chi connectivity index (χ2n) is 6.81. The van der Waals surface area contributed by atoms with Gasteiger partial charge in [-0.25, -0.2) is 0 Å². The van der Waals surface area contributed by atoms with Crippen molar-refractivity contribution in [3.63, 3.8) is 0 Å². The molecule has 22 heavy (non-hydrogen) atoms. The van der Waals surface area contributed by atoms with Crippen molar-refractivity contribution >= 4 is 0 Å². The van der Waals surface area contributed by atoms with Crippen LogP contribution in [0.3, 0.4) is 0 Å². The number of aliphatic hydroxyl groups excluding tert-OH is 2. The summed E-state index contributed by atoms with van der Waals surface area (Å²) < 4.78 is 0. The van der Waals surface area contributed by atoms with Crippen molar-refractivity contribution in [2.75, 3.05) is 32.7 Å². The highest BCUT2D eigenvalue weighted by Crippen LogP contribution is 2.20. The Bertz CT molecular complexity index is 490. The van der Waals surface area contributed by atoms with Crippen LogP contribution >= 0.6 is 0 Å². The fraction of sp³-hybridized carbons (Fsp3) is 0.667. The summed E-state index contributed by atoms with van der Waals surface area (Å²) in [6, 6.07) is 6.61. The quantitative estimate of drug-likeness (QED) is 0.870. The van der Waals surface area contributed by atoms with Crippen molar-refractivity contribution in [1.29, 1.82) is 0 Å². The van der Waals surface area contributed by atoms with Crippen LogP contribution in [-0.2, 0) is 0 Å². The monoisotopic (exact) mass is 306 g/mol. The molecular formula is C18H30N2O2. The lowest BCUT2D eigenvalue weighted by atomic mass is 10.0. The van der Waals surface area contributed by atoms with Gasteiger partial charge in [-0.2, -0.15) is 0 Å². The molecule has 4 heteroatoms. The van der Waals surface area contributed by atoms with Gasteiger partial charge in [0, 0.05) is 38.8 Å². The first-order chi connectivity index (χ1) is 10.4. The lowest BCUT2D eigenvalue weighted by Gasteiger charge is -2.41. The Labute approximate surface area is 134 Å². The van der Waals surface area contributed by atoms with E-state index in [0.717, 1.165) is 31.7 Å². The molecule has 0 amide bonds. The van der Waals surface area contributed by atoms with Crippen LogP contribution in [0.5, 0.6) is 0 Å². The second-order valence-corrected chi connectivity index (χ2v) is 6.81. The van der Waals surface area contributed by atoms with Gasteiger partial charge < -0.3 is 10.2 Å². The molecule has 0 radical (unpaired) electrons. The summed E-state index contributed by atoms with van der Waals surface area (Å²) in [6.45, 7) is 12.4. The van der Waals surface area contributed by atoms with Gasteiger partial charge in [-0.3, -0.25) is 9.80 Å². The molecule has 1 saturated heterocycles. The van der Waals surface area contributed by atoms with Crippen LogP contribution in [0.15, 0.2) is 18.2 Å². The lowest BCUT2D eigenvalue weighted by Crippen LogP contribution is -2.54. The molecular weight excluding hydrogens is 276 g/mol. The maximum absolute atomic E-state index is 10.5. The minimum atomic E-state index is -0.435. The molecule has 3 atom stereocenters. The number of hydrogen-bond donors (Lipinski definition) is 2. The van der Waals surface area contributed by atoms with E-state index in [2.05, 4.69) is 42.7 Å². The Morgan fingerprint density at radius 2 is 1.86 bits per heavy atom. The van der Waals surface area contributed by atoms with Gasteiger partial charge in [-0.15, -0.1) is 0 Å². The van der Waals surface area contributed by atoms with Gasteiger partial charge in [0.25, 0.3) is 0 Å². The smallest absolute Gasteiger partial charge is 0.0917 e. The second kappa shape index (κ2) is 7.55. The zero-order valence-electron chi connectivity index (χ0n) is 14.3. The van der Waals surface area contributed by atoms with Crippen LogP contribution in [0, 0.1) is 13.8 Å². The zero-order chi connectivity index (χ0) is 16.3. The van der Waals surface area contributed by atoms with Gasteiger partial charge >= 0.3 is 0 Å². The van der Waals surface area contributed by atoms with Crippen molar-refractivity contribution in [2.24, 2.45) is 0 Å². The first kappa shape index (κ1) is 17.4. The number of piperazine rings is 1. The van der Waals surface area contributed by atoms with Crippen molar-refractivity contribution in [1.82, 2.24) is 9.80 Å². The van der Waals surface area contributed by atoms with Crippen LogP contribution in [0.2, 0.25) is 0 Å². The van der Waals surface area contributed by atoms with Crippen LogP contribution in [0.25, 0.3) is 0 Å². The fourth-order valence-corrected chi connectivity index (χ4v) is 3.17. The molecule has 1 fully saturated rings. The summed E-state index contributed by atoms with van der Waals surface area (Å²) >= 11 is 0. The number of hydrogen-bond acceptors (Lipinski definition) is 4. The van der Waals surface area contributed by atoms with Crippen LogP contribution in [0.4, 0.5) is 0 Å². The highest BCUT2D eigenvalue weighted by molar-refractivity contribution is 5.31. The fourth-order valence-electron chi connectivity index (χ4n) is 3.17. The summed E-state index contributed by atoms with van der Waals surface area (Å²) in [5, 5.41) is 20.0. The Morgan fingerprint density at radius 1 is 1.14 bits per heavy atom. The molecule has 1 aliphatic rings. The SMILES string of the molecule is Cc1ccc([C@H](O)CN2CCN(C[C@@H](C)O)[C@@H](C)C2)cc1C. The predicted octanol–water partition coefficient (Wildman–Crippen LogP) is 1.72. The first-order valence-electron chi connectivity index (χ1n) is 8.26. The number of aryl methyl sites for hydroxylation is 2. The average molecular weight is 306 g/mol. The van der Waals surface area contributed by atoms with Gasteiger partial charge in [0.2, 0.25) is 0 Å². The van der Waals surface area contributed by atoms with Crippen LogP contribution in [0.1, 0.15) is 36.6 Å². The van der Waals surface area contributed by atoms with E-state index in [1.807, 2.05) is 13.0 Å². The van der Waals surface area contributed by atoms with Crippen molar-refractivity contribution in [3.05, 3.63) is 34.9 Å². The van der Waals surface area contributed by atoms with Crippen LogP contribution < -0.4 is 0 Å². The van der Waals surface area contributed by atoms with E-state index >= 15 is 0 Å². The summed E-state index contributed by atoms with van der Waals surface area (Å²) in [6.07, 6.45) is -0.718. The molecule has 0 unspecified atom stereocenters. The van der Waals surface area contributed by atoms with Gasteiger partial charge in [0.15, 0.2) is 0 Å². The average Bonchev–Trinajstić information content (AvgIpc) is 2.44. The molecule has 1 heterocycles. The van der Waals surface area contributed by atoms with E-state index in [4.69, 9.17) is 0 Å². The molecule has 2 rings (SSSR count). The molecule has 0 spiro atoms. The number of nitrogens with zero attached hydrogens (tertiary/aromatic N) is 2. The molecule has 2 N–H and O–H groups in total. The van der Waals surface area contributed by atoms with Gasteiger partial charge in [0.1, 0.15) is 0 Å². The van der Waals surface area contributed by atoms with E-state index in [-0.39, 0.29) is 6.10 Å². The number of β-amino-alcohol motifs (C(OH)–C–C–N with tert-alkyl or cyclic N) is 2. The van der Waals surface area contributed by atoms with Crippen molar-refractivity contribution in [2.45, 2.75) is 45.9 Å². The molecule has 124 valence electrons. The van der Waals surface area contributed by atoms with E-state index in [1.54, 1.807) is 0 Å². The third kappa shape index (κ3) is 4.53. The van der Waals surface area contributed by atoms with Gasteiger partial charge in [-0.1, -0.05) is 18.2 Å². The number of rotatable bonds is 5. The third-order valence-corrected chi connectivity index (χ3v) is 4.69. The molecule has 1 aliphatic heterocycles. The minimum Gasteiger partial charge on any atom is -0.392 e. The Hall–Kier alpha value is -0.940. The van der Waals surface area contributed by atoms with E-state index < -0.39 is 6.10 Å². The first-order valence-corrected chi connectivity index (χ1v) is 8.26. The predicted molar refractivity (Wildman–Crippen MR) is 90.0 cm³/mol. The maximum atomic E-state index is 10.5. The summed E-state index contributed by atoms with van der Waals surface area (Å²) in [5.74, 6) is 0. The Morgan fingerprint density at radius 3 is 2.45 bits per heavy atom.